The van der Waals surface area contributed by atoms with Crippen LogP contribution in [0.4, 0.5) is 0 Å². The van der Waals surface area contributed by atoms with Gasteiger partial charge in [-0.3, -0.25) is 4.79 Å². The first-order chi connectivity index (χ1) is 8.22. The van der Waals surface area contributed by atoms with Gasteiger partial charge in [-0.25, -0.2) is 0 Å². The molecule has 3 nitrogen and oxygen atoms in total. The third-order valence-corrected chi connectivity index (χ3v) is 3.49. The Morgan fingerprint density at radius 2 is 2.12 bits per heavy atom. The maximum absolute atomic E-state index is 11.9. The minimum absolute atomic E-state index is 0.207. The van der Waals surface area contributed by atoms with Crippen molar-refractivity contribution in [1.29, 1.82) is 0 Å². The Hall–Kier alpha value is -1.35. The van der Waals surface area contributed by atoms with Gasteiger partial charge < -0.3 is 10.2 Å². The van der Waals surface area contributed by atoms with Gasteiger partial charge in [0.15, 0.2) is 0 Å². The van der Waals surface area contributed by atoms with Crippen LogP contribution in [0.25, 0.3) is 0 Å². The smallest absolute Gasteiger partial charge is 0.236 e. The Bertz CT molecular complexity index is 377. The van der Waals surface area contributed by atoms with Crippen molar-refractivity contribution in [3.05, 3.63) is 35.9 Å². The molecule has 0 saturated carbocycles. The van der Waals surface area contributed by atoms with E-state index >= 15 is 0 Å². The average Bonchev–Trinajstić information content (AvgIpc) is 2.73. The molecule has 0 aliphatic carbocycles. The summed E-state index contributed by atoms with van der Waals surface area (Å²) in [6.45, 7) is 3.42. The molecule has 17 heavy (non-hydrogen) atoms. The van der Waals surface area contributed by atoms with Crippen LogP contribution in [0.15, 0.2) is 30.3 Å². The molecule has 1 heterocycles. The fraction of sp³-hybridized carbons (Fsp3) is 0.500. The van der Waals surface area contributed by atoms with Gasteiger partial charge in [0.1, 0.15) is 0 Å². The van der Waals surface area contributed by atoms with Gasteiger partial charge in [-0.2, -0.15) is 0 Å². The molecule has 2 rings (SSSR count). The highest BCUT2D eigenvalue weighted by Gasteiger charge is 2.32. The molecule has 92 valence electrons. The number of rotatable bonds is 3. The molecule has 2 atom stereocenters. The summed E-state index contributed by atoms with van der Waals surface area (Å²) in [6.07, 6.45) is 1.07. The van der Waals surface area contributed by atoms with Gasteiger partial charge >= 0.3 is 0 Å². The maximum Gasteiger partial charge on any atom is 0.236 e. The number of likely N-dealkylation sites (tertiary alicyclic amines) is 1. The lowest BCUT2D eigenvalue weighted by molar-refractivity contribution is -0.130. The highest BCUT2D eigenvalue weighted by atomic mass is 16.2. The van der Waals surface area contributed by atoms with Crippen molar-refractivity contribution in [3.63, 3.8) is 0 Å². The Balaban J connectivity index is 2.04. The third-order valence-electron chi connectivity index (χ3n) is 3.49. The molecule has 0 aromatic heterocycles. The minimum atomic E-state index is 0.207. The van der Waals surface area contributed by atoms with Gasteiger partial charge in [-0.1, -0.05) is 30.3 Å². The van der Waals surface area contributed by atoms with Crippen LogP contribution in [0.5, 0.6) is 0 Å². The quantitative estimate of drug-likeness (QED) is 0.858. The molecule has 1 aromatic rings. The number of nitrogens with one attached hydrogen (secondary N) is 1. The predicted octanol–water partition coefficient (Wildman–Crippen LogP) is 1.61. The normalized spacial score (nSPS) is 24.0. The predicted molar refractivity (Wildman–Crippen MR) is 68.9 cm³/mol. The van der Waals surface area contributed by atoms with E-state index in [1.165, 1.54) is 5.56 Å². The van der Waals surface area contributed by atoms with Crippen molar-refractivity contribution in [2.45, 2.75) is 25.3 Å². The molecule has 1 aliphatic heterocycles. The first kappa shape index (κ1) is 12.1. The summed E-state index contributed by atoms with van der Waals surface area (Å²) >= 11 is 0. The van der Waals surface area contributed by atoms with Gasteiger partial charge in [0.25, 0.3) is 0 Å². The first-order valence-corrected chi connectivity index (χ1v) is 6.21. The van der Waals surface area contributed by atoms with Crippen LogP contribution in [-0.4, -0.2) is 37.0 Å². The number of likely N-dealkylation sites (N-methyl/N-ethyl adjacent to an activating group) is 1. The maximum atomic E-state index is 11.9. The van der Waals surface area contributed by atoms with Crippen LogP contribution in [0.2, 0.25) is 0 Å². The molecular formula is C14H20N2O. The number of nitrogens with zero attached hydrogens (tertiary/aromatic N) is 1. The average molecular weight is 232 g/mol. The molecule has 1 aliphatic rings. The van der Waals surface area contributed by atoms with Gasteiger partial charge in [0.2, 0.25) is 5.91 Å². The van der Waals surface area contributed by atoms with E-state index in [1.807, 2.05) is 18.0 Å². The zero-order valence-electron chi connectivity index (χ0n) is 10.5. The standard InChI is InChI=1S/C14H20N2O/c1-11-8-13(12-6-4-3-5-7-12)10-16(11)14(17)9-15-2/h3-7,11,13,15H,8-10H2,1-2H3. The number of carbonyl (C=O) groups is 1. The fourth-order valence-electron chi connectivity index (χ4n) is 2.60. The highest BCUT2D eigenvalue weighted by Crippen LogP contribution is 2.31. The largest absolute Gasteiger partial charge is 0.338 e. The number of amides is 1. The molecule has 1 N–H and O–H groups in total. The minimum Gasteiger partial charge on any atom is -0.338 e. The van der Waals surface area contributed by atoms with E-state index in [4.69, 9.17) is 0 Å². The van der Waals surface area contributed by atoms with E-state index in [1.54, 1.807) is 0 Å². The summed E-state index contributed by atoms with van der Waals surface area (Å²) in [7, 11) is 1.81. The zero-order valence-corrected chi connectivity index (χ0v) is 10.5. The van der Waals surface area contributed by atoms with E-state index in [9.17, 15) is 4.79 Å². The van der Waals surface area contributed by atoms with Crippen molar-refractivity contribution >= 4 is 5.91 Å². The Kier molecular flexibility index (Phi) is 3.79. The summed E-state index contributed by atoms with van der Waals surface area (Å²) in [4.78, 5) is 13.9. The van der Waals surface area contributed by atoms with E-state index in [-0.39, 0.29) is 5.91 Å². The van der Waals surface area contributed by atoms with Crippen molar-refractivity contribution in [3.8, 4) is 0 Å². The molecule has 1 fully saturated rings. The molecular weight excluding hydrogens is 212 g/mol. The lowest BCUT2D eigenvalue weighted by Crippen LogP contribution is -2.39. The van der Waals surface area contributed by atoms with Crippen molar-refractivity contribution < 1.29 is 4.79 Å². The summed E-state index contributed by atoms with van der Waals surface area (Å²) in [5.41, 5.74) is 1.35. The van der Waals surface area contributed by atoms with Crippen LogP contribution in [0.1, 0.15) is 24.8 Å². The van der Waals surface area contributed by atoms with Gasteiger partial charge in [-0.05, 0) is 26.0 Å². The summed E-state index contributed by atoms with van der Waals surface area (Å²) in [6, 6.07) is 10.8. The molecule has 0 bridgehead atoms. The second kappa shape index (κ2) is 5.32. The molecule has 3 heteroatoms. The molecule has 1 amide bonds. The topological polar surface area (TPSA) is 32.3 Å². The molecule has 1 saturated heterocycles. The van der Waals surface area contributed by atoms with Crippen molar-refractivity contribution in [2.24, 2.45) is 0 Å². The molecule has 2 unspecified atom stereocenters. The van der Waals surface area contributed by atoms with E-state index in [0.29, 0.717) is 18.5 Å². The fourth-order valence-corrected chi connectivity index (χ4v) is 2.60. The van der Waals surface area contributed by atoms with Crippen molar-refractivity contribution in [1.82, 2.24) is 10.2 Å². The zero-order chi connectivity index (χ0) is 12.3. The summed E-state index contributed by atoms with van der Waals surface area (Å²) < 4.78 is 0. The van der Waals surface area contributed by atoms with Gasteiger partial charge in [-0.15, -0.1) is 0 Å². The summed E-state index contributed by atoms with van der Waals surface area (Å²) in [5, 5.41) is 2.93. The lowest BCUT2D eigenvalue weighted by atomic mass is 9.97. The molecule has 1 aromatic carbocycles. The van der Waals surface area contributed by atoms with Crippen molar-refractivity contribution in [2.75, 3.05) is 20.1 Å². The number of hydrogen-bond donors (Lipinski definition) is 1. The van der Waals surface area contributed by atoms with Crippen LogP contribution in [0.3, 0.4) is 0 Å². The summed E-state index contributed by atoms with van der Waals surface area (Å²) in [5.74, 6) is 0.699. The monoisotopic (exact) mass is 232 g/mol. The van der Waals surface area contributed by atoms with Crippen LogP contribution in [-0.2, 0) is 4.79 Å². The Morgan fingerprint density at radius 3 is 2.76 bits per heavy atom. The van der Waals surface area contributed by atoms with Crippen LogP contribution < -0.4 is 5.32 Å². The van der Waals surface area contributed by atoms with E-state index in [2.05, 4.69) is 36.5 Å². The van der Waals surface area contributed by atoms with Gasteiger partial charge in [0.05, 0.1) is 6.54 Å². The second-order valence-electron chi connectivity index (χ2n) is 4.77. The molecule has 0 radical (unpaired) electrons. The van der Waals surface area contributed by atoms with E-state index in [0.717, 1.165) is 13.0 Å². The second-order valence-corrected chi connectivity index (χ2v) is 4.77. The first-order valence-electron chi connectivity index (χ1n) is 6.21. The highest BCUT2D eigenvalue weighted by molar-refractivity contribution is 5.79. The number of carbonyl (C=O) groups excluding carboxylic acids is 1. The number of benzene rings is 1. The molecule has 0 spiro atoms. The van der Waals surface area contributed by atoms with Gasteiger partial charge in [0, 0.05) is 18.5 Å². The van der Waals surface area contributed by atoms with Crippen LogP contribution in [0, 0.1) is 0 Å². The Labute approximate surface area is 103 Å². The number of hydrogen-bond acceptors (Lipinski definition) is 2. The lowest BCUT2D eigenvalue weighted by Gasteiger charge is -2.21. The SMILES string of the molecule is CNCC(=O)N1CC(c2ccccc2)CC1C. The Morgan fingerprint density at radius 1 is 1.41 bits per heavy atom. The third kappa shape index (κ3) is 2.67. The van der Waals surface area contributed by atoms with E-state index < -0.39 is 0 Å². The van der Waals surface area contributed by atoms with Crippen LogP contribution >= 0.6 is 0 Å².